The van der Waals surface area contributed by atoms with Crippen molar-refractivity contribution in [2.45, 2.75) is 33.4 Å². The maximum absolute atomic E-state index is 12.1. The molecule has 0 aliphatic carbocycles. The minimum atomic E-state index is 0.0243. The van der Waals surface area contributed by atoms with Crippen LogP contribution in [0.5, 0.6) is 0 Å². The number of aryl methyl sites for hydroxylation is 1. The molecule has 0 bridgehead atoms. The number of nitrogens with zero attached hydrogens (tertiary/aromatic N) is 2. The lowest BCUT2D eigenvalue weighted by atomic mass is 10.3. The Labute approximate surface area is 114 Å². The van der Waals surface area contributed by atoms with Crippen molar-refractivity contribution in [2.75, 3.05) is 26.7 Å². The second-order valence-corrected chi connectivity index (χ2v) is 5.05. The molecule has 0 aliphatic heterocycles. The molecule has 1 amide bonds. The lowest BCUT2D eigenvalue weighted by Gasteiger charge is -2.27. The highest BCUT2D eigenvalue weighted by atomic mass is 16.3. The predicted molar refractivity (Wildman–Crippen MR) is 73.7 cm³/mol. The average Bonchev–Trinajstić information content (AvgIpc) is 2.73. The van der Waals surface area contributed by atoms with Gasteiger partial charge in [-0.2, -0.15) is 0 Å². The van der Waals surface area contributed by atoms with Gasteiger partial charge in [-0.25, -0.2) is 0 Å². The molecule has 1 aromatic rings. The standard InChI is InChI=1S/C14H24N2O3/c1-11(2)16(7-8-17)10-14(18)15(4)9-13-6-5-12(3)19-13/h5-6,11,17H,7-10H2,1-4H3. The van der Waals surface area contributed by atoms with Crippen LogP contribution in [0.1, 0.15) is 25.4 Å². The maximum Gasteiger partial charge on any atom is 0.236 e. The van der Waals surface area contributed by atoms with Gasteiger partial charge in [0, 0.05) is 19.6 Å². The Morgan fingerprint density at radius 1 is 1.42 bits per heavy atom. The summed E-state index contributed by atoms with van der Waals surface area (Å²) in [6.07, 6.45) is 0. The molecule has 0 radical (unpaired) electrons. The van der Waals surface area contributed by atoms with Gasteiger partial charge in [0.25, 0.3) is 0 Å². The SMILES string of the molecule is Cc1ccc(CN(C)C(=O)CN(CCO)C(C)C)o1. The summed E-state index contributed by atoms with van der Waals surface area (Å²) in [6, 6.07) is 4.00. The van der Waals surface area contributed by atoms with Crippen LogP contribution in [0.25, 0.3) is 0 Å². The van der Waals surface area contributed by atoms with E-state index in [1.807, 2.05) is 37.8 Å². The summed E-state index contributed by atoms with van der Waals surface area (Å²) in [5.74, 6) is 1.66. The van der Waals surface area contributed by atoms with Crippen LogP contribution >= 0.6 is 0 Å². The molecule has 5 nitrogen and oxygen atoms in total. The number of hydrogen-bond donors (Lipinski definition) is 1. The van der Waals surface area contributed by atoms with Crippen molar-refractivity contribution < 1.29 is 14.3 Å². The van der Waals surface area contributed by atoms with Gasteiger partial charge in [0.1, 0.15) is 11.5 Å². The molecule has 1 heterocycles. The van der Waals surface area contributed by atoms with Crippen molar-refractivity contribution in [3.63, 3.8) is 0 Å². The van der Waals surface area contributed by atoms with Crippen molar-refractivity contribution in [1.29, 1.82) is 0 Å². The lowest BCUT2D eigenvalue weighted by Crippen LogP contribution is -2.42. The number of furan rings is 1. The number of aliphatic hydroxyl groups excluding tert-OH is 1. The maximum atomic E-state index is 12.1. The normalized spacial score (nSPS) is 11.3. The van der Waals surface area contributed by atoms with Crippen molar-refractivity contribution in [3.05, 3.63) is 23.7 Å². The van der Waals surface area contributed by atoms with Crippen molar-refractivity contribution >= 4 is 5.91 Å². The van der Waals surface area contributed by atoms with Crippen molar-refractivity contribution in [2.24, 2.45) is 0 Å². The second kappa shape index (κ2) is 7.31. The van der Waals surface area contributed by atoms with Gasteiger partial charge in [-0.3, -0.25) is 9.69 Å². The van der Waals surface area contributed by atoms with E-state index in [-0.39, 0.29) is 18.6 Å². The Morgan fingerprint density at radius 2 is 2.11 bits per heavy atom. The van der Waals surface area contributed by atoms with Crippen LogP contribution in [-0.4, -0.2) is 53.6 Å². The van der Waals surface area contributed by atoms with Gasteiger partial charge < -0.3 is 14.4 Å². The summed E-state index contributed by atoms with van der Waals surface area (Å²) in [4.78, 5) is 15.7. The number of carbonyl (C=O) groups excluding carboxylic acids is 1. The van der Waals surface area contributed by atoms with Gasteiger partial charge in [-0.15, -0.1) is 0 Å². The van der Waals surface area contributed by atoms with E-state index in [4.69, 9.17) is 9.52 Å². The minimum absolute atomic E-state index is 0.0243. The summed E-state index contributed by atoms with van der Waals surface area (Å²) in [5, 5.41) is 8.99. The number of carbonyl (C=O) groups is 1. The van der Waals surface area contributed by atoms with Gasteiger partial charge in [0.05, 0.1) is 19.7 Å². The van der Waals surface area contributed by atoms with Gasteiger partial charge in [-0.1, -0.05) is 0 Å². The topological polar surface area (TPSA) is 56.9 Å². The molecule has 0 unspecified atom stereocenters. The summed E-state index contributed by atoms with van der Waals surface area (Å²) >= 11 is 0. The highest BCUT2D eigenvalue weighted by Gasteiger charge is 2.17. The largest absolute Gasteiger partial charge is 0.464 e. The van der Waals surface area contributed by atoms with E-state index in [0.29, 0.717) is 19.6 Å². The first kappa shape index (κ1) is 15.7. The molecular weight excluding hydrogens is 244 g/mol. The van der Waals surface area contributed by atoms with Crippen molar-refractivity contribution in [3.8, 4) is 0 Å². The third-order valence-electron chi connectivity index (χ3n) is 3.07. The van der Waals surface area contributed by atoms with Crippen LogP contribution in [-0.2, 0) is 11.3 Å². The fraction of sp³-hybridized carbons (Fsp3) is 0.643. The Kier molecular flexibility index (Phi) is 6.05. The van der Waals surface area contributed by atoms with E-state index in [1.54, 1.807) is 11.9 Å². The van der Waals surface area contributed by atoms with Crippen LogP contribution in [0.15, 0.2) is 16.5 Å². The fourth-order valence-corrected chi connectivity index (χ4v) is 1.83. The third-order valence-corrected chi connectivity index (χ3v) is 3.07. The van der Waals surface area contributed by atoms with Crippen LogP contribution in [0.3, 0.4) is 0 Å². The molecule has 1 rings (SSSR count). The molecule has 1 aromatic heterocycles. The molecule has 1 N–H and O–H groups in total. The molecule has 0 fully saturated rings. The monoisotopic (exact) mass is 268 g/mol. The van der Waals surface area contributed by atoms with E-state index in [2.05, 4.69) is 0 Å². The van der Waals surface area contributed by atoms with Gasteiger partial charge in [0.15, 0.2) is 0 Å². The molecular formula is C14H24N2O3. The smallest absolute Gasteiger partial charge is 0.236 e. The van der Waals surface area contributed by atoms with Crippen LogP contribution in [0.2, 0.25) is 0 Å². The van der Waals surface area contributed by atoms with E-state index in [1.165, 1.54) is 0 Å². The zero-order valence-electron chi connectivity index (χ0n) is 12.2. The van der Waals surface area contributed by atoms with Gasteiger partial charge in [0.2, 0.25) is 5.91 Å². The summed E-state index contributed by atoms with van der Waals surface area (Å²) in [6.45, 7) is 7.26. The summed E-state index contributed by atoms with van der Waals surface area (Å²) in [7, 11) is 1.76. The highest BCUT2D eigenvalue weighted by molar-refractivity contribution is 5.77. The number of amides is 1. The molecule has 5 heteroatoms. The molecule has 0 saturated heterocycles. The van der Waals surface area contributed by atoms with E-state index in [9.17, 15) is 4.79 Å². The molecule has 0 aromatic carbocycles. The Bertz CT molecular complexity index is 401. The Hall–Kier alpha value is -1.33. The number of hydrogen-bond acceptors (Lipinski definition) is 4. The minimum Gasteiger partial charge on any atom is -0.464 e. The number of aliphatic hydroxyl groups is 1. The van der Waals surface area contributed by atoms with Gasteiger partial charge in [-0.05, 0) is 32.9 Å². The van der Waals surface area contributed by atoms with Crippen LogP contribution in [0, 0.1) is 6.92 Å². The Balaban J connectivity index is 2.51. The summed E-state index contributed by atoms with van der Waals surface area (Å²) < 4.78 is 5.46. The van der Waals surface area contributed by atoms with E-state index in [0.717, 1.165) is 11.5 Å². The molecule has 0 atom stereocenters. The average molecular weight is 268 g/mol. The van der Waals surface area contributed by atoms with E-state index >= 15 is 0 Å². The quantitative estimate of drug-likeness (QED) is 0.808. The molecule has 0 aliphatic rings. The van der Waals surface area contributed by atoms with Crippen molar-refractivity contribution in [1.82, 2.24) is 9.80 Å². The van der Waals surface area contributed by atoms with Crippen LogP contribution < -0.4 is 0 Å². The molecule has 0 saturated carbocycles. The Morgan fingerprint density at radius 3 is 2.58 bits per heavy atom. The number of likely N-dealkylation sites (N-methyl/N-ethyl adjacent to an activating group) is 1. The predicted octanol–water partition coefficient (Wildman–Crippen LogP) is 1.25. The first-order chi connectivity index (χ1) is 8.93. The second-order valence-electron chi connectivity index (χ2n) is 5.05. The van der Waals surface area contributed by atoms with Gasteiger partial charge >= 0.3 is 0 Å². The highest BCUT2D eigenvalue weighted by Crippen LogP contribution is 2.09. The van der Waals surface area contributed by atoms with Crippen LogP contribution in [0.4, 0.5) is 0 Å². The zero-order chi connectivity index (χ0) is 14.4. The fourth-order valence-electron chi connectivity index (χ4n) is 1.83. The lowest BCUT2D eigenvalue weighted by molar-refractivity contribution is -0.132. The molecule has 19 heavy (non-hydrogen) atoms. The zero-order valence-corrected chi connectivity index (χ0v) is 12.2. The van der Waals surface area contributed by atoms with E-state index < -0.39 is 0 Å². The first-order valence-corrected chi connectivity index (χ1v) is 6.58. The summed E-state index contributed by atoms with van der Waals surface area (Å²) in [5.41, 5.74) is 0. The number of rotatable bonds is 7. The first-order valence-electron chi connectivity index (χ1n) is 6.58. The third kappa shape index (κ3) is 5.04. The molecule has 0 spiro atoms. The molecule has 108 valence electrons.